The van der Waals surface area contributed by atoms with Crippen molar-refractivity contribution in [3.8, 4) is 5.69 Å². The highest BCUT2D eigenvalue weighted by molar-refractivity contribution is 9.08. The molecule has 0 N–H and O–H groups in total. The summed E-state index contributed by atoms with van der Waals surface area (Å²) in [6, 6.07) is 12.6. The van der Waals surface area contributed by atoms with Crippen LogP contribution in [0.1, 0.15) is 22.8 Å². The average Bonchev–Trinajstić information content (AvgIpc) is 2.94. The van der Waals surface area contributed by atoms with Gasteiger partial charge in [0.25, 0.3) is 0 Å². The molecule has 0 fully saturated rings. The Morgan fingerprint density at radius 3 is 2.52 bits per heavy atom. The number of hydroxylamine groups is 1. The van der Waals surface area contributed by atoms with Crippen molar-refractivity contribution in [1.29, 1.82) is 0 Å². The zero-order valence-corrected chi connectivity index (χ0v) is 15.9. The topological polar surface area (TPSA) is 56.8 Å². The van der Waals surface area contributed by atoms with Gasteiger partial charge in [-0.15, -0.1) is 10.2 Å². The molecule has 0 spiro atoms. The minimum atomic E-state index is 0.0876. The van der Waals surface area contributed by atoms with E-state index in [-0.39, 0.29) is 6.54 Å². The molecular formula is C17H11BrCl2N4O. The number of aromatic nitrogens is 3. The molecule has 126 valence electrons. The lowest BCUT2D eigenvalue weighted by Gasteiger charge is -2.12. The molecule has 4 rings (SSSR count). The Morgan fingerprint density at radius 2 is 1.80 bits per heavy atom. The van der Waals surface area contributed by atoms with Crippen molar-refractivity contribution >= 4 is 44.8 Å². The van der Waals surface area contributed by atoms with E-state index in [0.717, 1.165) is 27.4 Å². The van der Waals surface area contributed by atoms with Crippen LogP contribution in [0.15, 0.2) is 42.5 Å². The Kier molecular flexibility index (Phi) is 4.27. The minimum absolute atomic E-state index is 0.0876. The number of hydrogen-bond acceptors (Lipinski definition) is 3. The molecule has 0 radical (unpaired) electrons. The van der Waals surface area contributed by atoms with Crippen LogP contribution >= 0.6 is 39.1 Å². The summed E-state index contributed by atoms with van der Waals surface area (Å²) in [6.07, 6.45) is 0. The van der Waals surface area contributed by atoms with Crippen LogP contribution in [0.2, 0.25) is 10.0 Å². The largest absolute Gasteiger partial charge is 0.623 e. The molecule has 0 amide bonds. The molecule has 1 aliphatic heterocycles. The van der Waals surface area contributed by atoms with Gasteiger partial charge in [-0.25, -0.2) is 0 Å². The summed E-state index contributed by atoms with van der Waals surface area (Å²) < 4.78 is 2.82. The van der Waals surface area contributed by atoms with E-state index >= 15 is 0 Å². The molecule has 0 saturated heterocycles. The summed E-state index contributed by atoms with van der Waals surface area (Å²) in [7, 11) is 0. The van der Waals surface area contributed by atoms with E-state index in [2.05, 4.69) is 26.1 Å². The number of benzene rings is 2. The van der Waals surface area contributed by atoms with Crippen LogP contribution < -0.4 is 0 Å². The van der Waals surface area contributed by atoms with Gasteiger partial charge in [0, 0.05) is 15.6 Å². The van der Waals surface area contributed by atoms with Crippen molar-refractivity contribution in [1.82, 2.24) is 14.8 Å². The first-order chi connectivity index (χ1) is 12.1. The third kappa shape index (κ3) is 2.84. The van der Waals surface area contributed by atoms with Gasteiger partial charge >= 0.3 is 0 Å². The third-order valence-corrected chi connectivity index (χ3v) is 5.01. The SMILES string of the molecule is [O-][N+]1=C(c2ccc(Cl)cc2)c2cc(Cl)ccc2-n2c(CBr)nnc2C1. The lowest BCUT2D eigenvalue weighted by atomic mass is 10.0. The molecule has 0 atom stereocenters. The molecule has 0 saturated carbocycles. The van der Waals surface area contributed by atoms with E-state index in [4.69, 9.17) is 23.2 Å². The molecule has 1 aromatic heterocycles. The van der Waals surface area contributed by atoms with Crippen molar-refractivity contribution in [2.24, 2.45) is 0 Å². The molecule has 8 heteroatoms. The molecule has 0 unspecified atom stereocenters. The van der Waals surface area contributed by atoms with Crippen molar-refractivity contribution in [2.45, 2.75) is 11.9 Å². The van der Waals surface area contributed by atoms with Gasteiger partial charge in [0.1, 0.15) is 5.82 Å². The Balaban J connectivity index is 2.03. The molecule has 0 bridgehead atoms. The van der Waals surface area contributed by atoms with E-state index in [1.807, 2.05) is 22.8 Å². The second kappa shape index (κ2) is 6.44. The number of hydrogen-bond donors (Lipinski definition) is 0. The van der Waals surface area contributed by atoms with Gasteiger partial charge in [0.15, 0.2) is 0 Å². The molecule has 0 aliphatic carbocycles. The molecule has 3 aromatic rings. The van der Waals surface area contributed by atoms with Gasteiger partial charge in [-0.05, 0) is 42.5 Å². The fourth-order valence-electron chi connectivity index (χ4n) is 2.96. The van der Waals surface area contributed by atoms with Gasteiger partial charge in [0.05, 0.1) is 16.6 Å². The number of nitrogens with zero attached hydrogens (tertiary/aromatic N) is 4. The van der Waals surface area contributed by atoms with Gasteiger partial charge in [-0.2, -0.15) is 4.74 Å². The molecule has 5 nitrogen and oxygen atoms in total. The Bertz CT molecular complexity index is 998. The minimum Gasteiger partial charge on any atom is -0.623 e. The van der Waals surface area contributed by atoms with Crippen LogP contribution in [-0.4, -0.2) is 25.2 Å². The van der Waals surface area contributed by atoms with Gasteiger partial charge in [-0.3, -0.25) is 4.57 Å². The third-order valence-electron chi connectivity index (χ3n) is 4.02. The standard InChI is InChI=1S/C17H11BrCl2N4O/c18-8-15-21-22-16-9-23(25)17(10-1-3-11(19)4-2-10)13-7-12(20)5-6-14(13)24(15)16/h1-7H,8-9H2. The first kappa shape index (κ1) is 16.6. The maximum absolute atomic E-state index is 12.9. The monoisotopic (exact) mass is 436 g/mol. The first-order valence-electron chi connectivity index (χ1n) is 7.45. The predicted molar refractivity (Wildman–Crippen MR) is 101 cm³/mol. The summed E-state index contributed by atoms with van der Waals surface area (Å²) in [5, 5.41) is 23.0. The summed E-state index contributed by atoms with van der Waals surface area (Å²) in [4.78, 5) is 0. The highest BCUT2D eigenvalue weighted by atomic mass is 79.9. The maximum atomic E-state index is 12.9. The van der Waals surface area contributed by atoms with Crippen molar-refractivity contribution in [3.05, 3.63) is 80.5 Å². The molecule has 2 aromatic carbocycles. The van der Waals surface area contributed by atoms with Gasteiger partial charge < -0.3 is 5.21 Å². The number of fused-ring (bicyclic) bond motifs is 3. The lowest BCUT2D eigenvalue weighted by molar-refractivity contribution is -0.475. The molecular weight excluding hydrogens is 427 g/mol. The quantitative estimate of drug-likeness (QED) is 0.340. The smallest absolute Gasteiger partial charge is 0.228 e. The van der Waals surface area contributed by atoms with Crippen LogP contribution in [-0.2, 0) is 11.9 Å². The van der Waals surface area contributed by atoms with Crippen LogP contribution in [0, 0.1) is 5.21 Å². The predicted octanol–water partition coefficient (Wildman–Crippen LogP) is 4.33. The fourth-order valence-corrected chi connectivity index (χ4v) is 3.62. The average molecular weight is 438 g/mol. The van der Waals surface area contributed by atoms with E-state index in [1.165, 1.54) is 0 Å². The fraction of sp³-hybridized carbons (Fsp3) is 0.118. The highest BCUT2D eigenvalue weighted by Crippen LogP contribution is 2.28. The lowest BCUT2D eigenvalue weighted by Crippen LogP contribution is -2.17. The summed E-state index contributed by atoms with van der Waals surface area (Å²) in [5.74, 6) is 1.31. The number of rotatable bonds is 2. The Morgan fingerprint density at radius 1 is 1.08 bits per heavy atom. The highest BCUT2D eigenvalue weighted by Gasteiger charge is 2.29. The van der Waals surface area contributed by atoms with Crippen molar-refractivity contribution < 1.29 is 4.74 Å². The van der Waals surface area contributed by atoms with Gasteiger partial charge in [-0.1, -0.05) is 39.1 Å². The molecule has 1 aliphatic rings. The van der Waals surface area contributed by atoms with Crippen LogP contribution in [0.4, 0.5) is 0 Å². The number of alkyl halides is 1. The van der Waals surface area contributed by atoms with E-state index in [0.29, 0.717) is 26.9 Å². The van der Waals surface area contributed by atoms with Crippen molar-refractivity contribution in [3.63, 3.8) is 0 Å². The Labute approximate surface area is 162 Å². The molecule has 2 heterocycles. The van der Waals surface area contributed by atoms with Crippen LogP contribution in [0.5, 0.6) is 0 Å². The van der Waals surface area contributed by atoms with E-state index in [9.17, 15) is 5.21 Å². The van der Waals surface area contributed by atoms with Crippen LogP contribution in [0.25, 0.3) is 5.69 Å². The zero-order valence-electron chi connectivity index (χ0n) is 12.8. The Hall–Kier alpha value is -1.89. The second-order valence-electron chi connectivity index (χ2n) is 5.56. The van der Waals surface area contributed by atoms with Crippen molar-refractivity contribution in [2.75, 3.05) is 0 Å². The number of halogens is 3. The zero-order chi connectivity index (χ0) is 17.6. The summed E-state index contributed by atoms with van der Waals surface area (Å²) >= 11 is 15.6. The maximum Gasteiger partial charge on any atom is 0.228 e. The second-order valence-corrected chi connectivity index (χ2v) is 6.99. The first-order valence-corrected chi connectivity index (χ1v) is 9.33. The summed E-state index contributed by atoms with van der Waals surface area (Å²) in [5.41, 5.74) is 2.84. The van der Waals surface area contributed by atoms with E-state index in [1.54, 1.807) is 24.3 Å². The van der Waals surface area contributed by atoms with E-state index < -0.39 is 0 Å². The normalized spacial score (nSPS) is 13.4. The van der Waals surface area contributed by atoms with Crippen LogP contribution in [0.3, 0.4) is 0 Å². The van der Waals surface area contributed by atoms with Gasteiger partial charge in [0.2, 0.25) is 18.1 Å². The summed E-state index contributed by atoms with van der Waals surface area (Å²) in [6.45, 7) is 0.0876. The molecule has 25 heavy (non-hydrogen) atoms.